The zero-order valence-electron chi connectivity index (χ0n) is 11.1. The van der Waals surface area contributed by atoms with Crippen molar-refractivity contribution in [2.75, 3.05) is 37.2 Å². The molecule has 0 spiro atoms. The van der Waals surface area contributed by atoms with Crippen LogP contribution in [0, 0.1) is 0 Å². The Labute approximate surface area is 109 Å². The highest BCUT2D eigenvalue weighted by atomic mass is 32.2. The van der Waals surface area contributed by atoms with E-state index >= 15 is 0 Å². The number of hydrogen-bond donors (Lipinski definition) is 1. The summed E-state index contributed by atoms with van der Waals surface area (Å²) in [6.45, 7) is 10.8. The van der Waals surface area contributed by atoms with Crippen molar-refractivity contribution in [2.45, 2.75) is 25.7 Å². The van der Waals surface area contributed by atoms with Crippen LogP contribution in [0.25, 0.3) is 0 Å². The van der Waals surface area contributed by atoms with Crippen molar-refractivity contribution in [3.8, 4) is 0 Å². The Morgan fingerprint density at radius 3 is 2.71 bits per heavy atom. The van der Waals surface area contributed by atoms with Crippen molar-refractivity contribution in [1.29, 1.82) is 0 Å². The van der Waals surface area contributed by atoms with E-state index in [1.54, 1.807) is 0 Å². The van der Waals surface area contributed by atoms with Gasteiger partial charge in [-0.1, -0.05) is 13.8 Å². The number of aromatic nitrogens is 1. The minimum Gasteiger partial charge on any atom is -0.370 e. The third-order valence-electron chi connectivity index (χ3n) is 2.66. The Morgan fingerprint density at radius 2 is 2.06 bits per heavy atom. The van der Waals surface area contributed by atoms with Gasteiger partial charge in [0, 0.05) is 29.9 Å². The first kappa shape index (κ1) is 14.3. The molecule has 17 heavy (non-hydrogen) atoms. The topological polar surface area (TPSA) is 28.2 Å². The lowest BCUT2D eigenvalue weighted by Crippen LogP contribution is -2.25. The van der Waals surface area contributed by atoms with Crippen molar-refractivity contribution in [2.24, 2.45) is 0 Å². The summed E-state index contributed by atoms with van der Waals surface area (Å²) < 4.78 is 0. The van der Waals surface area contributed by atoms with Crippen LogP contribution >= 0.6 is 11.8 Å². The van der Waals surface area contributed by atoms with Gasteiger partial charge in [0.2, 0.25) is 0 Å². The molecule has 1 heterocycles. The summed E-state index contributed by atoms with van der Waals surface area (Å²) in [5.74, 6) is 2.11. The Kier molecular flexibility index (Phi) is 7.05. The number of pyridine rings is 1. The average Bonchev–Trinajstić information content (AvgIpc) is 2.36. The highest BCUT2D eigenvalue weighted by Gasteiger charge is 2.00. The molecule has 0 fully saturated rings. The molecule has 0 aliphatic carbocycles. The van der Waals surface area contributed by atoms with Crippen LogP contribution in [0.1, 0.15) is 20.8 Å². The van der Waals surface area contributed by atoms with E-state index in [1.165, 1.54) is 4.90 Å². The third kappa shape index (κ3) is 5.41. The molecule has 0 saturated carbocycles. The molecule has 0 unspecified atom stereocenters. The van der Waals surface area contributed by atoms with Crippen LogP contribution in [0.5, 0.6) is 0 Å². The molecule has 0 saturated heterocycles. The largest absolute Gasteiger partial charge is 0.370 e. The minimum absolute atomic E-state index is 0.917. The summed E-state index contributed by atoms with van der Waals surface area (Å²) in [6, 6.07) is 4.20. The second kappa shape index (κ2) is 8.37. The van der Waals surface area contributed by atoms with Gasteiger partial charge in [0.25, 0.3) is 0 Å². The van der Waals surface area contributed by atoms with Gasteiger partial charge in [0.15, 0.2) is 0 Å². The third-order valence-corrected chi connectivity index (χ3v) is 3.63. The molecule has 96 valence electrons. The van der Waals surface area contributed by atoms with Crippen LogP contribution in [-0.2, 0) is 0 Å². The predicted molar refractivity (Wildman–Crippen MR) is 76.9 cm³/mol. The number of thioether (sulfide) groups is 1. The smallest absolute Gasteiger partial charge is 0.126 e. The molecule has 1 aromatic rings. The molecule has 1 rings (SSSR count). The van der Waals surface area contributed by atoms with Crippen LogP contribution in [0.2, 0.25) is 0 Å². The Bertz CT molecular complexity index is 313. The van der Waals surface area contributed by atoms with Gasteiger partial charge in [-0.3, -0.25) is 0 Å². The summed E-state index contributed by atoms with van der Waals surface area (Å²) in [6.07, 6.45) is 1.87. The van der Waals surface area contributed by atoms with E-state index in [2.05, 4.69) is 48.1 Å². The van der Waals surface area contributed by atoms with Gasteiger partial charge in [-0.25, -0.2) is 4.98 Å². The molecule has 1 N–H and O–H groups in total. The number of rotatable bonds is 8. The predicted octanol–water partition coefficient (Wildman–Crippen LogP) is 2.95. The first-order valence-electron chi connectivity index (χ1n) is 6.35. The first-order valence-corrected chi connectivity index (χ1v) is 7.33. The molecule has 0 radical (unpaired) electrons. The van der Waals surface area contributed by atoms with Gasteiger partial charge < -0.3 is 10.2 Å². The highest BCUT2D eigenvalue weighted by Crippen LogP contribution is 2.19. The number of nitrogens with one attached hydrogen (secondary N) is 1. The van der Waals surface area contributed by atoms with E-state index in [0.717, 1.165) is 37.7 Å². The molecule has 0 bridgehead atoms. The van der Waals surface area contributed by atoms with Crippen molar-refractivity contribution < 1.29 is 0 Å². The van der Waals surface area contributed by atoms with Gasteiger partial charge in [-0.05, 0) is 32.1 Å². The first-order chi connectivity index (χ1) is 8.30. The fraction of sp³-hybridized carbons (Fsp3) is 0.615. The summed E-state index contributed by atoms with van der Waals surface area (Å²) in [4.78, 5) is 8.01. The molecule has 1 aromatic heterocycles. The zero-order chi connectivity index (χ0) is 12.5. The van der Waals surface area contributed by atoms with E-state index in [-0.39, 0.29) is 0 Å². The van der Waals surface area contributed by atoms with E-state index < -0.39 is 0 Å². The van der Waals surface area contributed by atoms with Crippen LogP contribution in [-0.4, -0.2) is 41.8 Å². The van der Waals surface area contributed by atoms with Gasteiger partial charge in [0.05, 0.1) is 0 Å². The maximum absolute atomic E-state index is 4.27. The lowest BCUT2D eigenvalue weighted by atomic mass is 10.4. The van der Waals surface area contributed by atoms with Crippen LogP contribution in [0.15, 0.2) is 23.2 Å². The maximum atomic E-state index is 4.27. The number of anilines is 1. The Hall–Kier alpha value is -0.740. The molecule has 0 aliphatic heterocycles. The molecular formula is C13H23N3S. The fourth-order valence-corrected chi connectivity index (χ4v) is 2.55. The second-order valence-corrected chi connectivity index (χ2v) is 4.95. The minimum atomic E-state index is 0.917. The quantitative estimate of drug-likeness (QED) is 0.721. The molecule has 0 aromatic carbocycles. The Morgan fingerprint density at radius 1 is 1.29 bits per heavy atom. The van der Waals surface area contributed by atoms with Gasteiger partial charge >= 0.3 is 0 Å². The molecule has 0 amide bonds. The molecule has 3 nitrogen and oxygen atoms in total. The number of nitrogens with zero attached hydrogens (tertiary/aromatic N) is 2. The Balaban J connectivity index is 2.38. The highest BCUT2D eigenvalue weighted by molar-refractivity contribution is 7.99. The van der Waals surface area contributed by atoms with Crippen LogP contribution in [0.3, 0.4) is 0 Å². The summed E-state index contributed by atoms with van der Waals surface area (Å²) in [5, 5.41) is 3.23. The average molecular weight is 253 g/mol. The van der Waals surface area contributed by atoms with E-state index in [0.29, 0.717) is 0 Å². The zero-order valence-corrected chi connectivity index (χ0v) is 11.9. The van der Waals surface area contributed by atoms with Crippen molar-refractivity contribution in [3.63, 3.8) is 0 Å². The maximum Gasteiger partial charge on any atom is 0.126 e. The summed E-state index contributed by atoms with van der Waals surface area (Å²) in [5.41, 5.74) is 0. The normalized spacial score (nSPS) is 10.8. The van der Waals surface area contributed by atoms with E-state index in [4.69, 9.17) is 0 Å². The lowest BCUT2D eigenvalue weighted by Gasteiger charge is -2.17. The molecule has 0 atom stereocenters. The van der Waals surface area contributed by atoms with E-state index in [9.17, 15) is 0 Å². The summed E-state index contributed by atoms with van der Waals surface area (Å²) >= 11 is 1.90. The van der Waals surface area contributed by atoms with Crippen molar-refractivity contribution >= 4 is 17.6 Å². The van der Waals surface area contributed by atoms with E-state index in [1.807, 2.05) is 18.0 Å². The fourth-order valence-electron chi connectivity index (χ4n) is 1.61. The van der Waals surface area contributed by atoms with Gasteiger partial charge in [0.1, 0.15) is 5.82 Å². The second-order valence-electron chi connectivity index (χ2n) is 3.78. The van der Waals surface area contributed by atoms with Gasteiger partial charge in [-0.15, -0.1) is 11.8 Å². The van der Waals surface area contributed by atoms with Gasteiger partial charge in [-0.2, -0.15) is 0 Å². The SMILES string of the molecule is CCNc1cc(SCCN(CC)CC)ccn1. The molecule has 4 heteroatoms. The van der Waals surface area contributed by atoms with Crippen molar-refractivity contribution in [3.05, 3.63) is 18.3 Å². The lowest BCUT2D eigenvalue weighted by molar-refractivity contribution is 0.324. The molecule has 0 aliphatic rings. The van der Waals surface area contributed by atoms with Crippen LogP contribution in [0.4, 0.5) is 5.82 Å². The number of hydrogen-bond acceptors (Lipinski definition) is 4. The van der Waals surface area contributed by atoms with Crippen molar-refractivity contribution in [1.82, 2.24) is 9.88 Å². The van der Waals surface area contributed by atoms with Crippen LogP contribution < -0.4 is 5.32 Å². The molecular weight excluding hydrogens is 230 g/mol. The summed E-state index contributed by atoms with van der Waals surface area (Å²) in [7, 11) is 0. The monoisotopic (exact) mass is 253 g/mol. The standard InChI is InChI=1S/C13H23N3S/c1-4-14-13-11-12(7-8-15-13)17-10-9-16(5-2)6-3/h7-8,11H,4-6,9-10H2,1-3H3,(H,14,15).